The van der Waals surface area contributed by atoms with Crippen LogP contribution < -0.4 is 0 Å². The Morgan fingerprint density at radius 2 is 1.75 bits per heavy atom. The van der Waals surface area contributed by atoms with Crippen LogP contribution in [0.2, 0.25) is 39.3 Å². The number of fused-ring (bicyclic) bond motifs is 3. The summed E-state index contributed by atoms with van der Waals surface area (Å²) >= 11 is 0. The van der Waals surface area contributed by atoms with Crippen LogP contribution in [0, 0.1) is 0 Å². The summed E-state index contributed by atoms with van der Waals surface area (Å²) in [4.78, 5) is 15.0. The van der Waals surface area contributed by atoms with E-state index in [1.807, 2.05) is 23.1 Å². The lowest BCUT2D eigenvalue weighted by atomic mass is 9.90. The molecule has 6 heteroatoms. The van der Waals surface area contributed by atoms with Crippen LogP contribution >= 0.6 is 0 Å². The SMILES string of the molecule is C[Si](C)(C)O[C@@H]1CCCN2C(=O)c3ccccc3[C@]12O[Si](C)(C)C. The molecule has 0 aromatic heterocycles. The van der Waals surface area contributed by atoms with E-state index in [1.54, 1.807) is 0 Å². The van der Waals surface area contributed by atoms with Crippen LogP contribution in [-0.4, -0.2) is 40.1 Å². The summed E-state index contributed by atoms with van der Waals surface area (Å²) < 4.78 is 13.4. The van der Waals surface area contributed by atoms with Gasteiger partial charge in [0.15, 0.2) is 22.4 Å². The minimum absolute atomic E-state index is 0.0859. The van der Waals surface area contributed by atoms with E-state index < -0.39 is 22.4 Å². The number of piperidine rings is 1. The van der Waals surface area contributed by atoms with Crippen LogP contribution in [0.4, 0.5) is 0 Å². The minimum atomic E-state index is -1.91. The van der Waals surface area contributed by atoms with Gasteiger partial charge in [0.25, 0.3) is 5.91 Å². The molecule has 1 saturated heterocycles. The molecular weight excluding hydrogens is 334 g/mol. The Labute approximate surface area is 147 Å². The highest BCUT2D eigenvalue weighted by atomic mass is 28.4. The summed E-state index contributed by atoms with van der Waals surface area (Å²) in [5, 5.41) is 0. The van der Waals surface area contributed by atoms with Crippen LogP contribution in [0.25, 0.3) is 0 Å². The van der Waals surface area contributed by atoms with Crippen LogP contribution in [0.5, 0.6) is 0 Å². The number of amides is 1. The van der Waals surface area contributed by atoms with Crippen LogP contribution in [-0.2, 0) is 14.6 Å². The molecule has 0 aliphatic carbocycles. The first-order valence-corrected chi connectivity index (χ1v) is 15.7. The smallest absolute Gasteiger partial charge is 0.256 e. The molecule has 2 atom stereocenters. The summed E-state index contributed by atoms with van der Waals surface area (Å²) in [6, 6.07) is 7.92. The van der Waals surface area contributed by atoms with Crippen molar-refractivity contribution >= 4 is 22.5 Å². The topological polar surface area (TPSA) is 38.8 Å². The average Bonchev–Trinajstić information content (AvgIpc) is 2.68. The molecule has 0 saturated carbocycles. The van der Waals surface area contributed by atoms with Crippen molar-refractivity contribution in [3.8, 4) is 0 Å². The van der Waals surface area contributed by atoms with Crippen molar-refractivity contribution in [3.63, 3.8) is 0 Å². The van der Waals surface area contributed by atoms with Gasteiger partial charge in [0.2, 0.25) is 0 Å². The molecule has 3 rings (SSSR count). The number of nitrogens with zero attached hydrogens (tertiary/aromatic N) is 1. The number of carbonyl (C=O) groups is 1. The molecule has 1 aromatic rings. The maximum Gasteiger partial charge on any atom is 0.256 e. The standard InChI is InChI=1S/C18H29NO3Si2/c1-23(2,3)21-16-12-9-13-19-17(20)14-10-7-8-11-15(14)18(16,19)22-24(4,5)6/h7-8,10-11,16H,9,12-13H2,1-6H3/t16-,18+/m1/s1. The van der Waals surface area contributed by atoms with Crippen molar-refractivity contribution in [2.45, 2.75) is 64.0 Å². The van der Waals surface area contributed by atoms with Gasteiger partial charge in [-0.2, -0.15) is 0 Å². The molecule has 2 aliphatic heterocycles. The maximum absolute atomic E-state index is 13.1. The highest BCUT2D eigenvalue weighted by Gasteiger charge is 2.59. The van der Waals surface area contributed by atoms with E-state index in [9.17, 15) is 4.79 Å². The van der Waals surface area contributed by atoms with Gasteiger partial charge in [0.1, 0.15) is 0 Å². The molecule has 1 amide bonds. The van der Waals surface area contributed by atoms with Gasteiger partial charge < -0.3 is 13.8 Å². The van der Waals surface area contributed by atoms with E-state index in [2.05, 4.69) is 45.3 Å². The van der Waals surface area contributed by atoms with Gasteiger partial charge >= 0.3 is 0 Å². The third-order valence-corrected chi connectivity index (χ3v) is 6.35. The maximum atomic E-state index is 13.1. The Balaban J connectivity index is 2.17. The number of rotatable bonds is 4. The van der Waals surface area contributed by atoms with E-state index in [1.165, 1.54) is 0 Å². The molecule has 2 heterocycles. The number of carbonyl (C=O) groups excluding carboxylic acids is 1. The molecular formula is C18H29NO3Si2. The molecule has 1 aromatic carbocycles. The van der Waals surface area contributed by atoms with Gasteiger partial charge in [-0.1, -0.05) is 18.2 Å². The Morgan fingerprint density at radius 1 is 1.08 bits per heavy atom. The first-order chi connectivity index (χ1) is 11.0. The summed E-state index contributed by atoms with van der Waals surface area (Å²) in [6.45, 7) is 13.9. The van der Waals surface area contributed by atoms with E-state index in [0.717, 1.165) is 30.5 Å². The van der Waals surface area contributed by atoms with Gasteiger partial charge in [0, 0.05) is 17.7 Å². The monoisotopic (exact) mass is 363 g/mol. The molecule has 0 bridgehead atoms. The highest BCUT2D eigenvalue weighted by Crippen LogP contribution is 2.49. The zero-order valence-corrected chi connectivity index (χ0v) is 17.7. The fourth-order valence-corrected chi connectivity index (χ4v) is 6.29. The predicted molar refractivity (Wildman–Crippen MR) is 101 cm³/mol. The summed E-state index contributed by atoms with van der Waals surface area (Å²) in [5.41, 5.74) is 1.04. The van der Waals surface area contributed by atoms with Gasteiger partial charge in [0.05, 0.1) is 6.10 Å². The second-order valence-electron chi connectivity index (χ2n) is 8.77. The molecule has 0 radical (unpaired) electrons. The molecule has 1 fully saturated rings. The first kappa shape index (κ1) is 17.9. The highest BCUT2D eigenvalue weighted by molar-refractivity contribution is 6.70. The van der Waals surface area contributed by atoms with Crippen LogP contribution in [0.3, 0.4) is 0 Å². The zero-order valence-electron chi connectivity index (χ0n) is 15.7. The second kappa shape index (κ2) is 5.79. The zero-order chi connectivity index (χ0) is 17.8. The molecule has 2 aliphatic rings. The summed E-state index contributed by atoms with van der Waals surface area (Å²) in [5.74, 6) is 0.0905. The van der Waals surface area contributed by atoms with Crippen molar-refractivity contribution in [3.05, 3.63) is 35.4 Å². The summed E-state index contributed by atoms with van der Waals surface area (Å²) in [7, 11) is -3.69. The number of benzene rings is 1. The Bertz CT molecular complexity index is 650. The fraction of sp³-hybridized carbons (Fsp3) is 0.611. The fourth-order valence-electron chi connectivity index (χ4n) is 3.88. The predicted octanol–water partition coefficient (Wildman–Crippen LogP) is 4.16. The first-order valence-electron chi connectivity index (χ1n) is 8.84. The largest absolute Gasteiger partial charge is 0.409 e. The molecule has 4 nitrogen and oxygen atoms in total. The molecule has 24 heavy (non-hydrogen) atoms. The Kier molecular flexibility index (Phi) is 4.31. The van der Waals surface area contributed by atoms with Crippen molar-refractivity contribution < 1.29 is 13.6 Å². The van der Waals surface area contributed by atoms with E-state index >= 15 is 0 Å². The minimum Gasteiger partial charge on any atom is -0.409 e. The number of hydrogen-bond donors (Lipinski definition) is 0. The van der Waals surface area contributed by atoms with E-state index in [0.29, 0.717) is 0 Å². The molecule has 0 N–H and O–H groups in total. The quantitative estimate of drug-likeness (QED) is 0.754. The van der Waals surface area contributed by atoms with E-state index in [4.69, 9.17) is 8.85 Å². The lowest BCUT2D eigenvalue weighted by molar-refractivity contribution is -0.161. The molecule has 132 valence electrons. The third-order valence-electron chi connectivity index (χ3n) is 4.43. The van der Waals surface area contributed by atoms with Crippen molar-refractivity contribution in [2.75, 3.05) is 6.54 Å². The van der Waals surface area contributed by atoms with Gasteiger partial charge in [-0.15, -0.1) is 0 Å². The van der Waals surface area contributed by atoms with Gasteiger partial charge in [-0.3, -0.25) is 4.79 Å². The van der Waals surface area contributed by atoms with Gasteiger partial charge in [-0.05, 0) is 58.2 Å². The lowest BCUT2D eigenvalue weighted by Gasteiger charge is -2.51. The summed E-state index contributed by atoms with van der Waals surface area (Å²) in [6.07, 6.45) is 1.82. The Hall–Kier alpha value is -0.956. The Morgan fingerprint density at radius 3 is 2.38 bits per heavy atom. The normalized spacial score (nSPS) is 27.2. The lowest BCUT2D eigenvalue weighted by Crippen LogP contribution is -2.62. The van der Waals surface area contributed by atoms with Crippen molar-refractivity contribution in [1.29, 1.82) is 0 Å². The van der Waals surface area contributed by atoms with Crippen molar-refractivity contribution in [1.82, 2.24) is 4.90 Å². The van der Waals surface area contributed by atoms with Crippen molar-refractivity contribution in [2.24, 2.45) is 0 Å². The third kappa shape index (κ3) is 3.00. The number of hydrogen-bond acceptors (Lipinski definition) is 3. The second-order valence-corrected chi connectivity index (χ2v) is 17.7. The van der Waals surface area contributed by atoms with Gasteiger partial charge in [-0.25, -0.2) is 0 Å². The molecule has 0 unspecified atom stereocenters. The average molecular weight is 364 g/mol. The van der Waals surface area contributed by atoms with Crippen LogP contribution in [0.15, 0.2) is 24.3 Å². The van der Waals surface area contributed by atoms with E-state index in [-0.39, 0.29) is 12.0 Å². The molecule has 0 spiro atoms. The van der Waals surface area contributed by atoms with Crippen LogP contribution in [0.1, 0.15) is 28.8 Å².